The lowest BCUT2D eigenvalue weighted by Crippen LogP contribution is -2.37. The predicted octanol–water partition coefficient (Wildman–Crippen LogP) is 1.69. The van der Waals surface area contributed by atoms with Gasteiger partial charge >= 0.3 is 5.97 Å². The third-order valence-corrected chi connectivity index (χ3v) is 2.81. The lowest BCUT2D eigenvalue weighted by molar-refractivity contribution is 0.0697. The highest BCUT2D eigenvalue weighted by molar-refractivity contribution is 5.98. The average Bonchev–Trinajstić information content (AvgIpc) is 2.23. The van der Waals surface area contributed by atoms with E-state index in [1.807, 2.05) is 25.1 Å². The first-order valence-corrected chi connectivity index (χ1v) is 4.90. The second-order valence-electron chi connectivity index (χ2n) is 3.82. The number of benzene rings is 1. The maximum atomic E-state index is 11.1. The van der Waals surface area contributed by atoms with Crippen molar-refractivity contribution in [3.05, 3.63) is 23.8 Å². The molecule has 4 nitrogen and oxygen atoms in total. The van der Waals surface area contributed by atoms with E-state index >= 15 is 0 Å². The third kappa shape index (κ3) is 1.93. The largest absolute Gasteiger partial charge is 0.478 e. The van der Waals surface area contributed by atoms with Gasteiger partial charge in [0.2, 0.25) is 0 Å². The molecule has 88 valence electrons. The molecule has 1 aliphatic rings. The van der Waals surface area contributed by atoms with Crippen molar-refractivity contribution in [1.82, 2.24) is 0 Å². The van der Waals surface area contributed by atoms with Gasteiger partial charge in [-0.05, 0) is 12.1 Å². The topological polar surface area (TPSA) is 43.8 Å². The highest BCUT2D eigenvalue weighted by Gasteiger charge is 2.23. The molecule has 2 rings (SSSR count). The van der Waals surface area contributed by atoms with Gasteiger partial charge in [0, 0.05) is 27.2 Å². The van der Waals surface area contributed by atoms with Crippen molar-refractivity contribution >= 4 is 29.8 Å². The summed E-state index contributed by atoms with van der Waals surface area (Å²) in [6.45, 7) is 1.78. The zero-order chi connectivity index (χ0) is 11.0. The molecule has 1 aromatic rings. The number of hydrogen-bond donors (Lipinski definition) is 1. The Balaban J connectivity index is 0.00000128. The van der Waals surface area contributed by atoms with Gasteiger partial charge in [-0.15, -0.1) is 12.4 Å². The molecule has 1 aliphatic heterocycles. The molecule has 1 N–H and O–H groups in total. The minimum atomic E-state index is -0.867. The van der Waals surface area contributed by atoms with Crippen LogP contribution in [0.25, 0.3) is 0 Å². The number of carboxylic acids is 1. The molecule has 0 amide bonds. The molecule has 1 heterocycles. The molecule has 0 aromatic heterocycles. The van der Waals surface area contributed by atoms with E-state index in [-0.39, 0.29) is 12.4 Å². The van der Waals surface area contributed by atoms with Crippen molar-refractivity contribution in [1.29, 1.82) is 0 Å². The summed E-state index contributed by atoms with van der Waals surface area (Å²) in [7, 11) is 3.91. The van der Waals surface area contributed by atoms with E-state index in [1.165, 1.54) is 0 Å². The summed E-state index contributed by atoms with van der Waals surface area (Å²) in [5.74, 6) is -0.867. The van der Waals surface area contributed by atoms with Crippen LogP contribution in [-0.4, -0.2) is 38.3 Å². The Bertz CT molecular complexity index is 409. The van der Waals surface area contributed by atoms with Crippen molar-refractivity contribution in [3.8, 4) is 0 Å². The van der Waals surface area contributed by atoms with E-state index in [1.54, 1.807) is 12.1 Å². The Morgan fingerprint density at radius 2 is 1.88 bits per heavy atom. The summed E-state index contributed by atoms with van der Waals surface area (Å²) in [5, 5.41) is 9.10. The number of hydrogen-bond acceptors (Lipinski definition) is 3. The molecular formula is C11H15ClN2O2. The maximum absolute atomic E-state index is 11.1. The van der Waals surface area contributed by atoms with Crippen molar-refractivity contribution in [2.45, 2.75) is 0 Å². The highest BCUT2D eigenvalue weighted by Crippen LogP contribution is 2.34. The zero-order valence-corrected chi connectivity index (χ0v) is 10.1. The van der Waals surface area contributed by atoms with Gasteiger partial charge in [0.15, 0.2) is 0 Å². The fraction of sp³-hybridized carbons (Fsp3) is 0.364. The normalized spacial score (nSPS) is 14.1. The lowest BCUT2D eigenvalue weighted by atomic mass is 10.1. The molecule has 0 saturated heterocycles. The summed E-state index contributed by atoms with van der Waals surface area (Å²) in [6, 6.07) is 5.40. The van der Waals surface area contributed by atoms with E-state index in [9.17, 15) is 4.79 Å². The Hall–Kier alpha value is -1.42. The minimum Gasteiger partial charge on any atom is -0.478 e. The standard InChI is InChI=1S/C11H14N2O2.ClH/c1-12-6-7-13(2)10-8(11(14)15)4-3-5-9(10)12;/h3-5H,6-7H2,1-2H3,(H,14,15);1H. The van der Waals surface area contributed by atoms with Crippen molar-refractivity contribution < 1.29 is 9.90 Å². The zero-order valence-electron chi connectivity index (χ0n) is 9.30. The van der Waals surface area contributed by atoms with E-state index < -0.39 is 5.97 Å². The Morgan fingerprint density at radius 1 is 1.25 bits per heavy atom. The van der Waals surface area contributed by atoms with Crippen LogP contribution in [0.2, 0.25) is 0 Å². The number of para-hydroxylation sites is 1. The number of carboxylic acid groups (broad SMARTS) is 1. The van der Waals surface area contributed by atoms with Gasteiger partial charge in [-0.1, -0.05) is 6.07 Å². The smallest absolute Gasteiger partial charge is 0.337 e. The second-order valence-corrected chi connectivity index (χ2v) is 3.82. The fourth-order valence-electron chi connectivity index (χ4n) is 1.95. The Kier molecular flexibility index (Phi) is 3.65. The molecule has 0 atom stereocenters. The number of halogens is 1. The van der Waals surface area contributed by atoms with Gasteiger partial charge in [-0.2, -0.15) is 0 Å². The summed E-state index contributed by atoms with van der Waals surface area (Å²) in [6.07, 6.45) is 0. The molecule has 1 aromatic carbocycles. The summed E-state index contributed by atoms with van der Waals surface area (Å²) in [5.41, 5.74) is 2.18. The Labute approximate surface area is 101 Å². The lowest BCUT2D eigenvalue weighted by Gasteiger charge is -2.35. The second kappa shape index (κ2) is 4.61. The fourth-order valence-corrected chi connectivity index (χ4v) is 1.95. The molecule has 0 spiro atoms. The molecule has 0 bridgehead atoms. The minimum absolute atomic E-state index is 0. The first kappa shape index (κ1) is 12.6. The summed E-state index contributed by atoms with van der Waals surface area (Å²) >= 11 is 0. The molecular weight excluding hydrogens is 228 g/mol. The van der Waals surface area contributed by atoms with Crippen LogP contribution >= 0.6 is 12.4 Å². The number of nitrogens with zero attached hydrogens (tertiary/aromatic N) is 2. The van der Waals surface area contributed by atoms with Crippen LogP contribution in [0, 0.1) is 0 Å². The van der Waals surface area contributed by atoms with Crippen LogP contribution in [0.1, 0.15) is 10.4 Å². The van der Waals surface area contributed by atoms with Gasteiger partial charge in [0.1, 0.15) is 0 Å². The van der Waals surface area contributed by atoms with E-state index in [0.29, 0.717) is 5.56 Å². The number of aromatic carboxylic acids is 1. The average molecular weight is 243 g/mol. The molecule has 0 unspecified atom stereocenters. The highest BCUT2D eigenvalue weighted by atomic mass is 35.5. The van der Waals surface area contributed by atoms with Crippen molar-refractivity contribution in [2.24, 2.45) is 0 Å². The molecule has 5 heteroatoms. The molecule has 16 heavy (non-hydrogen) atoms. The van der Waals surface area contributed by atoms with Gasteiger partial charge < -0.3 is 14.9 Å². The van der Waals surface area contributed by atoms with Gasteiger partial charge in [0.25, 0.3) is 0 Å². The SMILES string of the molecule is CN1CCN(C)c2c(C(=O)O)cccc21.Cl. The first-order chi connectivity index (χ1) is 7.11. The van der Waals surface area contributed by atoms with E-state index in [2.05, 4.69) is 4.90 Å². The first-order valence-electron chi connectivity index (χ1n) is 4.90. The van der Waals surface area contributed by atoms with E-state index in [0.717, 1.165) is 24.5 Å². The number of fused-ring (bicyclic) bond motifs is 1. The monoisotopic (exact) mass is 242 g/mol. The third-order valence-electron chi connectivity index (χ3n) is 2.81. The van der Waals surface area contributed by atoms with Crippen molar-refractivity contribution in [3.63, 3.8) is 0 Å². The Morgan fingerprint density at radius 3 is 2.50 bits per heavy atom. The molecule has 0 saturated carbocycles. The van der Waals surface area contributed by atoms with Crippen LogP contribution < -0.4 is 9.80 Å². The number of anilines is 2. The molecule has 0 radical (unpaired) electrons. The molecule has 0 aliphatic carbocycles. The number of rotatable bonds is 1. The van der Waals surface area contributed by atoms with Crippen LogP contribution in [0.15, 0.2) is 18.2 Å². The number of carbonyl (C=O) groups is 1. The van der Waals surface area contributed by atoms with Crippen LogP contribution in [-0.2, 0) is 0 Å². The summed E-state index contributed by atoms with van der Waals surface area (Å²) in [4.78, 5) is 15.2. The van der Waals surface area contributed by atoms with Crippen molar-refractivity contribution in [2.75, 3.05) is 37.0 Å². The van der Waals surface area contributed by atoms with Crippen LogP contribution in [0.3, 0.4) is 0 Å². The van der Waals surface area contributed by atoms with Crippen LogP contribution in [0.5, 0.6) is 0 Å². The van der Waals surface area contributed by atoms with Gasteiger partial charge in [-0.3, -0.25) is 0 Å². The number of likely N-dealkylation sites (N-methyl/N-ethyl adjacent to an activating group) is 2. The predicted molar refractivity (Wildman–Crippen MR) is 67.2 cm³/mol. The quantitative estimate of drug-likeness (QED) is 0.814. The summed E-state index contributed by atoms with van der Waals surface area (Å²) < 4.78 is 0. The van der Waals surface area contributed by atoms with E-state index in [4.69, 9.17) is 5.11 Å². The maximum Gasteiger partial charge on any atom is 0.337 e. The van der Waals surface area contributed by atoms with Gasteiger partial charge in [0.05, 0.1) is 16.9 Å². The molecule has 0 fully saturated rings. The van der Waals surface area contributed by atoms with Crippen LogP contribution in [0.4, 0.5) is 11.4 Å². The van der Waals surface area contributed by atoms with Gasteiger partial charge in [-0.25, -0.2) is 4.79 Å².